The van der Waals surface area contributed by atoms with Crippen LogP contribution in [0.2, 0.25) is 0 Å². The van der Waals surface area contributed by atoms with E-state index in [2.05, 4.69) is 54.0 Å². The molecule has 4 fully saturated rings. The maximum Gasteiger partial charge on any atom is 0.412 e. The summed E-state index contributed by atoms with van der Waals surface area (Å²) in [6, 6.07) is 8.53. The molecule has 1 amide bonds. The summed E-state index contributed by atoms with van der Waals surface area (Å²) >= 11 is 4.36. The van der Waals surface area contributed by atoms with E-state index in [0.717, 1.165) is 18.5 Å². The number of rotatable bonds is 2. The summed E-state index contributed by atoms with van der Waals surface area (Å²) in [4.78, 5) is 12.3. The van der Waals surface area contributed by atoms with Crippen LogP contribution in [0.25, 0.3) is 0 Å². The number of aliphatic hydroxyl groups is 1. The Morgan fingerprint density at radius 2 is 1.78 bits per heavy atom. The molecule has 0 aromatic heterocycles. The molecule has 37 heavy (non-hydrogen) atoms. The molecule has 6 heteroatoms. The van der Waals surface area contributed by atoms with Crippen LogP contribution >= 0.6 is 23.5 Å². The van der Waals surface area contributed by atoms with Gasteiger partial charge in [-0.25, -0.2) is 4.79 Å². The van der Waals surface area contributed by atoms with Crippen molar-refractivity contribution >= 4 is 35.3 Å². The Morgan fingerprint density at radius 1 is 1.05 bits per heavy atom. The summed E-state index contributed by atoms with van der Waals surface area (Å²) in [7, 11) is 0. The minimum absolute atomic E-state index is 0.00747. The molecule has 1 aliphatic heterocycles. The van der Waals surface area contributed by atoms with Crippen molar-refractivity contribution in [3.63, 3.8) is 0 Å². The van der Waals surface area contributed by atoms with Gasteiger partial charge in [0.25, 0.3) is 0 Å². The fourth-order valence-corrected chi connectivity index (χ4v) is 11.9. The van der Waals surface area contributed by atoms with Crippen LogP contribution in [0.4, 0.5) is 10.5 Å². The molecule has 5 aliphatic rings. The molecule has 202 valence electrons. The van der Waals surface area contributed by atoms with Gasteiger partial charge in [-0.15, -0.1) is 23.5 Å². The number of anilines is 1. The van der Waals surface area contributed by atoms with E-state index in [-0.39, 0.29) is 11.5 Å². The number of hydrogen-bond donors (Lipinski definition) is 2. The number of carbonyl (C=O) groups is 1. The molecular weight excluding hydrogens is 498 g/mol. The van der Waals surface area contributed by atoms with Crippen molar-refractivity contribution in [2.75, 3.05) is 16.8 Å². The molecule has 1 aromatic rings. The van der Waals surface area contributed by atoms with Crippen LogP contribution in [0.3, 0.4) is 0 Å². The highest BCUT2D eigenvalue weighted by molar-refractivity contribution is 8.21. The Balaban J connectivity index is 1.30. The third-order valence-corrected chi connectivity index (χ3v) is 13.6. The maximum absolute atomic E-state index is 12.3. The quantitative estimate of drug-likeness (QED) is 0.374. The van der Waals surface area contributed by atoms with E-state index in [1.807, 2.05) is 32.9 Å². The van der Waals surface area contributed by atoms with E-state index < -0.39 is 11.7 Å². The number of benzene rings is 1. The summed E-state index contributed by atoms with van der Waals surface area (Å²) in [6.07, 6.45) is 10.5. The van der Waals surface area contributed by atoms with Gasteiger partial charge in [0, 0.05) is 17.2 Å². The van der Waals surface area contributed by atoms with Crippen LogP contribution in [0.1, 0.15) is 84.1 Å². The number of nitrogens with one attached hydrogen (secondary N) is 1. The standard InChI is InChI=1S/C31H43NO3S2/c1-29(2,3)35-28(34)32-21-8-5-19(6-9-21)24-18-30(4)25(11-12-26(30)33)23-10-7-20-17-31(36-15-16-37-31)14-13-22(20)27(23)24/h5-6,8-9,17,22-27,33H,7,10-16,18H2,1-4H3,(H,32,34)/t22-,23-,24+,25-,26?,27+,30-/m0/s1. The van der Waals surface area contributed by atoms with Gasteiger partial charge >= 0.3 is 6.09 Å². The van der Waals surface area contributed by atoms with E-state index in [0.29, 0.717) is 33.7 Å². The van der Waals surface area contributed by atoms with Gasteiger partial charge in [-0.05, 0) is 118 Å². The van der Waals surface area contributed by atoms with Crippen molar-refractivity contribution in [2.45, 2.75) is 94.3 Å². The van der Waals surface area contributed by atoms with E-state index in [1.54, 1.807) is 5.57 Å². The zero-order valence-electron chi connectivity index (χ0n) is 22.8. The largest absolute Gasteiger partial charge is 0.444 e. The van der Waals surface area contributed by atoms with E-state index in [9.17, 15) is 9.90 Å². The summed E-state index contributed by atoms with van der Waals surface area (Å²) in [6.45, 7) is 8.02. The Labute approximate surface area is 231 Å². The van der Waals surface area contributed by atoms with Crippen LogP contribution in [0.5, 0.6) is 0 Å². The molecule has 1 unspecified atom stereocenters. The van der Waals surface area contributed by atoms with Crippen molar-refractivity contribution in [1.82, 2.24) is 0 Å². The number of aliphatic hydroxyl groups excluding tert-OH is 1. The summed E-state index contributed by atoms with van der Waals surface area (Å²) in [5.41, 5.74) is 3.37. The van der Waals surface area contributed by atoms with Crippen molar-refractivity contribution in [3.8, 4) is 0 Å². The number of fused-ring (bicyclic) bond motifs is 5. The first-order chi connectivity index (χ1) is 17.6. The first-order valence-electron chi connectivity index (χ1n) is 14.3. The lowest BCUT2D eigenvalue weighted by Crippen LogP contribution is -2.51. The fraction of sp³-hybridized carbons (Fsp3) is 0.710. The maximum atomic E-state index is 12.3. The number of carbonyl (C=O) groups excluding carboxylic acids is 1. The molecule has 3 saturated carbocycles. The number of ether oxygens (including phenoxy) is 1. The number of allylic oxidation sites excluding steroid dienone is 1. The Hall–Kier alpha value is -1.11. The van der Waals surface area contributed by atoms with Gasteiger partial charge in [-0.3, -0.25) is 5.32 Å². The van der Waals surface area contributed by atoms with Gasteiger partial charge in [0.2, 0.25) is 0 Å². The van der Waals surface area contributed by atoms with Crippen LogP contribution < -0.4 is 5.32 Å². The molecule has 1 spiro atoms. The highest BCUT2D eigenvalue weighted by Gasteiger charge is 2.59. The highest BCUT2D eigenvalue weighted by Crippen LogP contribution is 2.67. The lowest BCUT2D eigenvalue weighted by molar-refractivity contribution is -0.0659. The first-order valence-corrected chi connectivity index (χ1v) is 16.3. The third kappa shape index (κ3) is 4.78. The average Bonchev–Trinajstić information content (AvgIpc) is 3.41. The molecule has 1 saturated heterocycles. The zero-order valence-corrected chi connectivity index (χ0v) is 24.4. The number of amides is 1. The van der Waals surface area contributed by atoms with Crippen LogP contribution in [-0.2, 0) is 4.74 Å². The lowest BCUT2D eigenvalue weighted by Gasteiger charge is -2.57. The topological polar surface area (TPSA) is 58.6 Å². The predicted molar refractivity (Wildman–Crippen MR) is 155 cm³/mol. The van der Waals surface area contributed by atoms with Gasteiger partial charge in [0.1, 0.15) is 5.60 Å². The lowest BCUT2D eigenvalue weighted by atomic mass is 9.48. The smallest absolute Gasteiger partial charge is 0.412 e. The molecule has 0 radical (unpaired) electrons. The number of thioether (sulfide) groups is 2. The second-order valence-electron chi connectivity index (χ2n) is 13.4. The second kappa shape index (κ2) is 9.52. The summed E-state index contributed by atoms with van der Waals surface area (Å²) in [5.74, 6) is 5.69. The SMILES string of the molecule is CC(C)(C)OC(=O)Nc1ccc([C@H]2C[C@]3(C)C(O)CC[C@H]3[C@@H]3CCC4=CC5(CC[C@@H]4[C@H]32)SCCS5)cc1. The summed E-state index contributed by atoms with van der Waals surface area (Å²) in [5, 5.41) is 14.1. The molecule has 1 heterocycles. The van der Waals surface area contributed by atoms with Crippen molar-refractivity contribution in [2.24, 2.45) is 29.1 Å². The van der Waals surface area contributed by atoms with Gasteiger partial charge < -0.3 is 9.84 Å². The first kappa shape index (κ1) is 26.1. The Morgan fingerprint density at radius 3 is 2.49 bits per heavy atom. The summed E-state index contributed by atoms with van der Waals surface area (Å²) < 4.78 is 5.79. The van der Waals surface area contributed by atoms with Crippen LogP contribution in [0.15, 0.2) is 35.9 Å². The molecule has 2 N–H and O–H groups in total. The highest BCUT2D eigenvalue weighted by atomic mass is 32.2. The Bertz CT molecular complexity index is 1060. The van der Waals surface area contributed by atoms with E-state index in [4.69, 9.17) is 4.74 Å². The molecule has 4 aliphatic carbocycles. The van der Waals surface area contributed by atoms with E-state index >= 15 is 0 Å². The van der Waals surface area contributed by atoms with Gasteiger partial charge in [0.15, 0.2) is 0 Å². The predicted octanol–water partition coefficient (Wildman–Crippen LogP) is 7.84. The van der Waals surface area contributed by atoms with E-state index in [1.165, 1.54) is 49.2 Å². The molecule has 1 aromatic carbocycles. The van der Waals surface area contributed by atoms with Crippen molar-refractivity contribution in [1.29, 1.82) is 0 Å². The monoisotopic (exact) mass is 541 g/mol. The molecular formula is C31H43NO3S2. The fourth-order valence-electron chi connectivity index (χ4n) is 8.69. The molecule has 0 bridgehead atoms. The average molecular weight is 542 g/mol. The number of hydrogen-bond acceptors (Lipinski definition) is 5. The normalized spacial score (nSPS) is 38.4. The van der Waals surface area contributed by atoms with Crippen molar-refractivity contribution < 1.29 is 14.6 Å². The molecule has 4 nitrogen and oxygen atoms in total. The van der Waals surface area contributed by atoms with Crippen LogP contribution in [0, 0.1) is 29.1 Å². The van der Waals surface area contributed by atoms with Gasteiger partial charge in [-0.1, -0.05) is 30.7 Å². The van der Waals surface area contributed by atoms with Gasteiger partial charge in [0.05, 0.1) is 10.2 Å². The molecule has 7 atom stereocenters. The molecule has 6 rings (SSSR count). The van der Waals surface area contributed by atoms with Gasteiger partial charge in [-0.2, -0.15) is 0 Å². The third-order valence-electron chi connectivity index (χ3n) is 10.2. The minimum atomic E-state index is -0.518. The second-order valence-corrected chi connectivity index (χ2v) is 16.5. The van der Waals surface area contributed by atoms with Crippen LogP contribution in [-0.4, -0.2) is 38.5 Å². The zero-order chi connectivity index (χ0) is 26.0. The Kier molecular flexibility index (Phi) is 6.72. The minimum Gasteiger partial charge on any atom is -0.444 e. The van der Waals surface area contributed by atoms with Crippen molar-refractivity contribution in [3.05, 3.63) is 41.5 Å².